The van der Waals surface area contributed by atoms with Crippen molar-refractivity contribution in [3.63, 3.8) is 0 Å². The van der Waals surface area contributed by atoms with Gasteiger partial charge in [-0.15, -0.1) is 0 Å². The molecule has 0 bridgehead atoms. The van der Waals surface area contributed by atoms with Gasteiger partial charge in [-0.1, -0.05) is 0 Å². The monoisotopic (exact) mass is 266 g/mol. The number of ether oxygens (including phenoxy) is 1. The van der Waals surface area contributed by atoms with E-state index in [1.807, 2.05) is 6.92 Å². The van der Waals surface area contributed by atoms with Gasteiger partial charge in [0.1, 0.15) is 5.82 Å². The SMILES string of the molecule is Cc1c(N)cc(C(=O)NCC2(C)CCCO2)cc1F. The zero-order valence-electron chi connectivity index (χ0n) is 11.3. The highest BCUT2D eigenvalue weighted by atomic mass is 19.1. The minimum absolute atomic E-state index is 0.238. The van der Waals surface area contributed by atoms with Crippen LogP contribution >= 0.6 is 0 Å². The van der Waals surface area contributed by atoms with Gasteiger partial charge in [0, 0.05) is 30.0 Å². The average molecular weight is 266 g/mol. The van der Waals surface area contributed by atoms with E-state index in [-0.39, 0.29) is 22.8 Å². The van der Waals surface area contributed by atoms with E-state index in [0.29, 0.717) is 12.1 Å². The summed E-state index contributed by atoms with van der Waals surface area (Å²) in [6.45, 7) is 4.68. The third kappa shape index (κ3) is 3.04. The smallest absolute Gasteiger partial charge is 0.251 e. The predicted molar refractivity (Wildman–Crippen MR) is 71.5 cm³/mol. The number of hydrogen-bond donors (Lipinski definition) is 2. The summed E-state index contributed by atoms with van der Waals surface area (Å²) in [6, 6.07) is 2.70. The lowest BCUT2D eigenvalue weighted by atomic mass is 10.0. The number of nitrogens with two attached hydrogens (primary N) is 1. The molecular formula is C14H19FN2O2. The molecule has 1 aromatic rings. The standard InChI is InChI=1S/C14H19FN2O2/c1-9-11(15)6-10(7-12(9)16)13(18)17-8-14(2)4-3-5-19-14/h6-7H,3-5,8,16H2,1-2H3,(H,17,18). The molecule has 1 saturated heterocycles. The summed E-state index contributed by atoms with van der Waals surface area (Å²) < 4.78 is 19.1. The number of rotatable bonds is 3. The molecule has 1 aliphatic heterocycles. The summed E-state index contributed by atoms with van der Waals surface area (Å²) in [7, 11) is 0. The van der Waals surface area contributed by atoms with Crippen LogP contribution in [0, 0.1) is 12.7 Å². The van der Waals surface area contributed by atoms with Gasteiger partial charge in [0.15, 0.2) is 0 Å². The summed E-state index contributed by atoms with van der Waals surface area (Å²) >= 11 is 0. The molecule has 104 valence electrons. The van der Waals surface area contributed by atoms with Gasteiger partial charge in [0.05, 0.1) is 5.60 Å². The fourth-order valence-corrected chi connectivity index (χ4v) is 2.18. The van der Waals surface area contributed by atoms with Crippen LogP contribution in [-0.4, -0.2) is 24.7 Å². The molecule has 1 heterocycles. The lowest BCUT2D eigenvalue weighted by Gasteiger charge is -2.23. The molecule has 1 unspecified atom stereocenters. The Kier molecular flexibility index (Phi) is 3.75. The van der Waals surface area contributed by atoms with E-state index in [1.165, 1.54) is 12.1 Å². The van der Waals surface area contributed by atoms with Gasteiger partial charge in [0.25, 0.3) is 5.91 Å². The molecule has 0 saturated carbocycles. The number of nitrogens with one attached hydrogen (secondary N) is 1. The first kappa shape index (κ1) is 13.8. The first-order chi connectivity index (χ1) is 8.91. The Morgan fingerprint density at radius 3 is 2.89 bits per heavy atom. The van der Waals surface area contributed by atoms with Crippen molar-refractivity contribution in [3.8, 4) is 0 Å². The van der Waals surface area contributed by atoms with E-state index in [2.05, 4.69) is 5.32 Å². The second-order valence-corrected chi connectivity index (χ2v) is 5.26. The van der Waals surface area contributed by atoms with Gasteiger partial charge >= 0.3 is 0 Å². The fourth-order valence-electron chi connectivity index (χ4n) is 2.18. The molecular weight excluding hydrogens is 247 g/mol. The molecule has 1 fully saturated rings. The van der Waals surface area contributed by atoms with Crippen molar-refractivity contribution in [1.82, 2.24) is 5.32 Å². The molecule has 0 aromatic heterocycles. The number of nitrogen functional groups attached to an aromatic ring is 1. The molecule has 3 N–H and O–H groups in total. The van der Waals surface area contributed by atoms with Crippen molar-refractivity contribution in [2.24, 2.45) is 0 Å². The van der Waals surface area contributed by atoms with Gasteiger partial charge in [-0.3, -0.25) is 4.79 Å². The van der Waals surface area contributed by atoms with Gasteiger partial charge < -0.3 is 15.8 Å². The van der Waals surface area contributed by atoms with Gasteiger partial charge in [-0.2, -0.15) is 0 Å². The molecule has 19 heavy (non-hydrogen) atoms. The Morgan fingerprint density at radius 1 is 1.58 bits per heavy atom. The largest absolute Gasteiger partial charge is 0.398 e. The van der Waals surface area contributed by atoms with Gasteiger partial charge in [-0.05, 0) is 38.8 Å². The molecule has 0 radical (unpaired) electrons. The van der Waals surface area contributed by atoms with Crippen molar-refractivity contribution in [2.75, 3.05) is 18.9 Å². The van der Waals surface area contributed by atoms with Crippen LogP contribution in [0.4, 0.5) is 10.1 Å². The maximum Gasteiger partial charge on any atom is 0.251 e. The van der Waals surface area contributed by atoms with Crippen molar-refractivity contribution < 1.29 is 13.9 Å². The molecule has 4 nitrogen and oxygen atoms in total. The Balaban J connectivity index is 2.04. The molecule has 0 spiro atoms. The average Bonchev–Trinajstić information content (AvgIpc) is 2.80. The van der Waals surface area contributed by atoms with Gasteiger partial charge in [0.2, 0.25) is 0 Å². The number of anilines is 1. The predicted octanol–water partition coefficient (Wildman–Crippen LogP) is 2.02. The number of halogens is 1. The van der Waals surface area contributed by atoms with Crippen molar-refractivity contribution in [2.45, 2.75) is 32.3 Å². The molecule has 1 amide bonds. The minimum Gasteiger partial charge on any atom is -0.398 e. The highest BCUT2D eigenvalue weighted by Crippen LogP contribution is 2.24. The molecule has 2 rings (SSSR count). The Bertz CT molecular complexity index is 473. The summed E-state index contributed by atoms with van der Waals surface area (Å²) in [6.07, 6.45) is 1.91. The van der Waals surface area contributed by atoms with Crippen LogP contribution in [0.25, 0.3) is 0 Å². The van der Waals surface area contributed by atoms with Crippen LogP contribution in [0.5, 0.6) is 0 Å². The Morgan fingerprint density at radius 2 is 2.32 bits per heavy atom. The molecule has 0 aliphatic carbocycles. The number of carbonyl (C=O) groups is 1. The zero-order chi connectivity index (χ0) is 14.0. The van der Waals surface area contributed by atoms with E-state index in [1.54, 1.807) is 6.92 Å². The normalized spacial score (nSPS) is 22.5. The number of amides is 1. The summed E-state index contributed by atoms with van der Waals surface area (Å²) in [5.74, 6) is -0.796. The first-order valence-corrected chi connectivity index (χ1v) is 6.39. The van der Waals surface area contributed by atoms with Crippen LogP contribution in [-0.2, 0) is 4.74 Å². The van der Waals surface area contributed by atoms with Crippen LogP contribution in [0.1, 0.15) is 35.7 Å². The van der Waals surface area contributed by atoms with Crippen LogP contribution < -0.4 is 11.1 Å². The van der Waals surface area contributed by atoms with Crippen molar-refractivity contribution >= 4 is 11.6 Å². The fraction of sp³-hybridized carbons (Fsp3) is 0.500. The summed E-state index contributed by atoms with van der Waals surface area (Å²) in [5, 5.41) is 2.77. The van der Waals surface area contributed by atoms with E-state index in [4.69, 9.17) is 10.5 Å². The maximum absolute atomic E-state index is 13.5. The third-order valence-electron chi connectivity index (χ3n) is 3.57. The quantitative estimate of drug-likeness (QED) is 0.823. The van der Waals surface area contributed by atoms with Gasteiger partial charge in [-0.25, -0.2) is 4.39 Å². The highest BCUT2D eigenvalue weighted by Gasteiger charge is 2.30. The van der Waals surface area contributed by atoms with Crippen molar-refractivity contribution in [3.05, 3.63) is 29.1 Å². The summed E-state index contributed by atoms with van der Waals surface area (Å²) in [5.41, 5.74) is 6.23. The topological polar surface area (TPSA) is 64.4 Å². The van der Waals surface area contributed by atoms with E-state index < -0.39 is 5.82 Å². The number of hydrogen-bond acceptors (Lipinski definition) is 3. The molecule has 1 atom stereocenters. The first-order valence-electron chi connectivity index (χ1n) is 6.39. The third-order valence-corrected chi connectivity index (χ3v) is 3.57. The second-order valence-electron chi connectivity index (χ2n) is 5.26. The van der Waals surface area contributed by atoms with E-state index in [0.717, 1.165) is 19.4 Å². The van der Waals surface area contributed by atoms with Crippen LogP contribution in [0.2, 0.25) is 0 Å². The highest BCUT2D eigenvalue weighted by molar-refractivity contribution is 5.95. The summed E-state index contributed by atoms with van der Waals surface area (Å²) in [4.78, 5) is 12.0. The van der Waals surface area contributed by atoms with Crippen LogP contribution in [0.3, 0.4) is 0 Å². The molecule has 1 aromatic carbocycles. The van der Waals surface area contributed by atoms with E-state index >= 15 is 0 Å². The van der Waals surface area contributed by atoms with Crippen molar-refractivity contribution in [1.29, 1.82) is 0 Å². The number of benzene rings is 1. The second kappa shape index (κ2) is 5.17. The minimum atomic E-state index is -0.464. The lowest BCUT2D eigenvalue weighted by molar-refractivity contribution is 0.0206. The maximum atomic E-state index is 13.5. The zero-order valence-corrected chi connectivity index (χ0v) is 11.3. The molecule has 5 heteroatoms. The Hall–Kier alpha value is -1.62. The Labute approximate surface area is 112 Å². The van der Waals surface area contributed by atoms with Crippen LogP contribution in [0.15, 0.2) is 12.1 Å². The lowest BCUT2D eigenvalue weighted by Crippen LogP contribution is -2.40. The number of carbonyl (C=O) groups excluding carboxylic acids is 1. The molecule has 1 aliphatic rings. The van der Waals surface area contributed by atoms with E-state index in [9.17, 15) is 9.18 Å².